The van der Waals surface area contributed by atoms with Crippen molar-refractivity contribution in [1.82, 2.24) is 5.32 Å². The van der Waals surface area contributed by atoms with Gasteiger partial charge in [-0.05, 0) is 19.4 Å². The van der Waals surface area contributed by atoms with Gasteiger partial charge in [0.2, 0.25) is 0 Å². The highest BCUT2D eigenvalue weighted by Crippen LogP contribution is 2.42. The van der Waals surface area contributed by atoms with E-state index in [9.17, 15) is 17.2 Å². The first-order valence-corrected chi connectivity index (χ1v) is 6.52. The molecular formula is C8H13F2NO2S. The van der Waals surface area contributed by atoms with E-state index in [0.29, 0.717) is 13.0 Å². The fraction of sp³-hybridized carbons (Fsp3) is 1.00. The van der Waals surface area contributed by atoms with Crippen LogP contribution in [0.25, 0.3) is 0 Å². The average Bonchev–Trinajstić information content (AvgIpc) is 2.36. The van der Waals surface area contributed by atoms with Crippen molar-refractivity contribution < 1.29 is 17.2 Å². The van der Waals surface area contributed by atoms with E-state index in [1.807, 2.05) is 0 Å². The Morgan fingerprint density at radius 3 is 2.43 bits per heavy atom. The number of sulfone groups is 1. The second-order valence-electron chi connectivity index (χ2n) is 4.16. The number of piperidine rings is 1. The summed E-state index contributed by atoms with van der Waals surface area (Å²) < 4.78 is 49.6. The molecule has 1 unspecified atom stereocenters. The monoisotopic (exact) mass is 225 g/mol. The molecule has 2 aliphatic rings. The van der Waals surface area contributed by atoms with E-state index < -0.39 is 27.1 Å². The topological polar surface area (TPSA) is 46.2 Å². The van der Waals surface area contributed by atoms with Crippen molar-refractivity contribution in [3.63, 3.8) is 0 Å². The minimum absolute atomic E-state index is 0.0440. The molecule has 0 bridgehead atoms. The molecule has 2 saturated heterocycles. The Kier molecular flexibility index (Phi) is 2.12. The Labute approximate surface area is 81.8 Å². The summed E-state index contributed by atoms with van der Waals surface area (Å²) in [7, 11) is -3.27. The average molecular weight is 225 g/mol. The van der Waals surface area contributed by atoms with Crippen molar-refractivity contribution in [1.29, 1.82) is 0 Å². The van der Waals surface area contributed by atoms with Crippen LogP contribution in [-0.4, -0.2) is 37.9 Å². The minimum Gasteiger partial charge on any atom is -0.305 e. The Morgan fingerprint density at radius 1 is 1.21 bits per heavy atom. The summed E-state index contributed by atoms with van der Waals surface area (Å²) in [5.41, 5.74) is -1.47. The maximum atomic E-state index is 13.6. The van der Waals surface area contributed by atoms with Gasteiger partial charge in [-0.3, -0.25) is 0 Å². The van der Waals surface area contributed by atoms with Crippen LogP contribution in [0.2, 0.25) is 0 Å². The summed E-state index contributed by atoms with van der Waals surface area (Å²) in [6.07, 6.45) is 0.257. The van der Waals surface area contributed by atoms with E-state index >= 15 is 0 Å². The molecule has 1 atom stereocenters. The van der Waals surface area contributed by atoms with Gasteiger partial charge in [-0.25, -0.2) is 17.2 Å². The summed E-state index contributed by atoms with van der Waals surface area (Å²) in [6.45, 7) is 0.491. The molecule has 3 nitrogen and oxygen atoms in total. The van der Waals surface area contributed by atoms with Crippen molar-refractivity contribution in [3.8, 4) is 0 Å². The third kappa shape index (κ3) is 1.44. The molecule has 0 radical (unpaired) electrons. The smallest absolute Gasteiger partial charge is 0.266 e. The Hall–Kier alpha value is -0.230. The lowest BCUT2D eigenvalue weighted by molar-refractivity contribution is -0.103. The molecule has 0 aromatic carbocycles. The predicted octanol–water partition coefficient (Wildman–Crippen LogP) is 0.562. The molecule has 14 heavy (non-hydrogen) atoms. The first kappa shape index (κ1) is 10.3. The molecule has 0 aromatic rings. The molecule has 1 N–H and O–H groups in total. The van der Waals surface area contributed by atoms with E-state index in [1.165, 1.54) is 0 Å². The molecule has 2 fully saturated rings. The number of hydrogen-bond acceptors (Lipinski definition) is 3. The van der Waals surface area contributed by atoms with Gasteiger partial charge in [-0.1, -0.05) is 0 Å². The lowest BCUT2D eigenvalue weighted by Crippen LogP contribution is -2.62. The molecule has 0 aromatic heterocycles. The summed E-state index contributed by atoms with van der Waals surface area (Å²) in [5, 5.41) is 2.71. The normalized spacial score (nSPS) is 40.1. The zero-order valence-corrected chi connectivity index (χ0v) is 8.54. The molecule has 0 saturated carbocycles. The Balaban J connectivity index is 2.31. The minimum atomic E-state index is -3.27. The van der Waals surface area contributed by atoms with E-state index in [4.69, 9.17) is 0 Å². The van der Waals surface area contributed by atoms with Gasteiger partial charge in [0.25, 0.3) is 5.92 Å². The van der Waals surface area contributed by atoms with Crippen LogP contribution in [-0.2, 0) is 9.84 Å². The van der Waals surface area contributed by atoms with Gasteiger partial charge in [0.15, 0.2) is 9.84 Å². The van der Waals surface area contributed by atoms with Gasteiger partial charge in [0, 0.05) is 6.42 Å². The molecule has 0 amide bonds. The number of nitrogens with one attached hydrogen (secondary N) is 1. The van der Waals surface area contributed by atoms with E-state index in [0.717, 1.165) is 0 Å². The first-order chi connectivity index (χ1) is 6.37. The van der Waals surface area contributed by atoms with Crippen LogP contribution in [0.5, 0.6) is 0 Å². The van der Waals surface area contributed by atoms with Crippen molar-refractivity contribution >= 4 is 9.84 Å². The summed E-state index contributed by atoms with van der Waals surface area (Å²) >= 11 is 0. The number of halogens is 2. The van der Waals surface area contributed by atoms with Gasteiger partial charge in [-0.2, -0.15) is 0 Å². The number of hydrogen-bond donors (Lipinski definition) is 1. The molecule has 2 heterocycles. The van der Waals surface area contributed by atoms with E-state index in [1.54, 1.807) is 0 Å². The van der Waals surface area contributed by atoms with Crippen LogP contribution in [0, 0.1) is 0 Å². The van der Waals surface area contributed by atoms with Gasteiger partial charge in [-0.15, -0.1) is 0 Å². The first-order valence-electron chi connectivity index (χ1n) is 4.70. The highest BCUT2D eigenvalue weighted by Gasteiger charge is 2.59. The molecule has 82 valence electrons. The van der Waals surface area contributed by atoms with Crippen LogP contribution in [0.15, 0.2) is 0 Å². The zero-order chi connectivity index (χ0) is 10.4. The fourth-order valence-corrected chi connectivity index (χ4v) is 4.30. The molecule has 6 heteroatoms. The van der Waals surface area contributed by atoms with Crippen molar-refractivity contribution in [3.05, 3.63) is 0 Å². The number of rotatable bonds is 0. The highest BCUT2D eigenvalue weighted by molar-refractivity contribution is 7.91. The third-order valence-electron chi connectivity index (χ3n) is 3.14. The molecule has 2 rings (SSSR count). The van der Waals surface area contributed by atoms with Gasteiger partial charge < -0.3 is 5.32 Å². The summed E-state index contributed by atoms with van der Waals surface area (Å²) in [4.78, 5) is 0. The van der Waals surface area contributed by atoms with E-state index in [-0.39, 0.29) is 18.6 Å². The van der Waals surface area contributed by atoms with Crippen molar-refractivity contribution in [2.45, 2.75) is 30.7 Å². The van der Waals surface area contributed by atoms with Crippen LogP contribution >= 0.6 is 0 Å². The maximum absolute atomic E-state index is 13.6. The third-order valence-corrected chi connectivity index (χ3v) is 4.90. The highest BCUT2D eigenvalue weighted by atomic mass is 32.2. The SMILES string of the molecule is O=S1(=O)CCC2(C1)NCCCC2(F)F. The van der Waals surface area contributed by atoms with Crippen LogP contribution < -0.4 is 5.32 Å². The van der Waals surface area contributed by atoms with Crippen LogP contribution in [0.1, 0.15) is 19.3 Å². The molecular weight excluding hydrogens is 212 g/mol. The standard InChI is InChI=1S/C8H13F2NO2S/c9-8(10)2-1-4-11-7(8)3-5-14(12,13)6-7/h11H,1-6H2. The van der Waals surface area contributed by atoms with Gasteiger partial charge in [0.1, 0.15) is 0 Å². The van der Waals surface area contributed by atoms with Gasteiger partial charge >= 0.3 is 0 Å². The molecule has 2 aliphatic heterocycles. The Bertz CT molecular complexity index is 341. The van der Waals surface area contributed by atoms with Crippen molar-refractivity contribution in [2.24, 2.45) is 0 Å². The maximum Gasteiger partial charge on any atom is 0.266 e. The van der Waals surface area contributed by atoms with Crippen molar-refractivity contribution in [2.75, 3.05) is 18.1 Å². The second kappa shape index (κ2) is 2.88. The molecule has 1 spiro atoms. The second-order valence-corrected chi connectivity index (χ2v) is 6.34. The number of alkyl halides is 2. The quantitative estimate of drug-likeness (QED) is 0.655. The van der Waals surface area contributed by atoms with E-state index in [2.05, 4.69) is 5.32 Å². The summed E-state index contributed by atoms with van der Waals surface area (Å²) in [5.74, 6) is -3.41. The largest absolute Gasteiger partial charge is 0.305 e. The van der Waals surface area contributed by atoms with Gasteiger partial charge in [0.05, 0.1) is 17.0 Å². The summed E-state index contributed by atoms with van der Waals surface area (Å²) in [6, 6.07) is 0. The fourth-order valence-electron chi connectivity index (χ4n) is 2.28. The van der Waals surface area contributed by atoms with Crippen LogP contribution in [0.3, 0.4) is 0 Å². The zero-order valence-electron chi connectivity index (χ0n) is 7.72. The van der Waals surface area contributed by atoms with Crippen LogP contribution in [0.4, 0.5) is 8.78 Å². The lowest BCUT2D eigenvalue weighted by Gasteiger charge is -2.41. The molecule has 0 aliphatic carbocycles. The Morgan fingerprint density at radius 2 is 1.93 bits per heavy atom. The lowest BCUT2D eigenvalue weighted by atomic mass is 9.84. The predicted molar refractivity (Wildman–Crippen MR) is 48.2 cm³/mol.